The summed E-state index contributed by atoms with van der Waals surface area (Å²) in [6.07, 6.45) is 0. The number of aryl methyl sites for hydroxylation is 2. The Morgan fingerprint density at radius 1 is 1.23 bits per heavy atom. The molecule has 0 amide bonds. The average molecular weight is 487 g/mol. The Morgan fingerprint density at radius 2 is 1.96 bits per heavy atom. The van der Waals surface area contributed by atoms with Gasteiger partial charge in [0, 0.05) is 38.8 Å². The number of aromatic nitrogens is 1. The minimum atomic E-state index is 0. The predicted octanol–water partition coefficient (Wildman–Crippen LogP) is 4.04. The quantitative estimate of drug-likeness (QED) is 0.380. The molecule has 1 aromatic heterocycles. The van der Waals surface area contributed by atoms with Crippen molar-refractivity contribution in [1.82, 2.24) is 15.2 Å². The molecule has 0 spiro atoms. The van der Waals surface area contributed by atoms with E-state index in [0.29, 0.717) is 6.54 Å². The smallest absolute Gasteiger partial charge is 0.194 e. The molecular weight excluding hydrogens is 457 g/mol. The van der Waals surface area contributed by atoms with Gasteiger partial charge in [0.2, 0.25) is 0 Å². The molecule has 7 heteroatoms. The van der Waals surface area contributed by atoms with Gasteiger partial charge in [0.05, 0.1) is 23.8 Å². The van der Waals surface area contributed by atoms with Crippen LogP contribution >= 0.6 is 35.3 Å². The summed E-state index contributed by atoms with van der Waals surface area (Å²) in [4.78, 5) is 13.7. The van der Waals surface area contributed by atoms with Crippen LogP contribution in [0.25, 0.3) is 0 Å². The molecule has 2 rings (SSSR count). The van der Waals surface area contributed by atoms with Crippen LogP contribution in [-0.2, 0) is 13.1 Å². The van der Waals surface area contributed by atoms with Gasteiger partial charge in [0.1, 0.15) is 0 Å². The molecule has 1 aromatic carbocycles. The number of guanidine groups is 1. The molecule has 0 aliphatic rings. The molecule has 0 bridgehead atoms. The molecule has 26 heavy (non-hydrogen) atoms. The predicted molar refractivity (Wildman–Crippen MR) is 124 cm³/mol. The Balaban J connectivity index is 0.00000338. The van der Waals surface area contributed by atoms with Crippen LogP contribution in [0.4, 0.5) is 5.69 Å². The van der Waals surface area contributed by atoms with Crippen molar-refractivity contribution in [2.45, 2.75) is 33.9 Å². The van der Waals surface area contributed by atoms with E-state index in [4.69, 9.17) is 4.99 Å². The maximum Gasteiger partial charge on any atom is 0.194 e. The Labute approximate surface area is 178 Å². The molecule has 1 N–H and O–H groups in total. The Hall–Kier alpha value is -1.35. The highest BCUT2D eigenvalue weighted by Gasteiger charge is 2.10. The topological polar surface area (TPSA) is 43.8 Å². The fraction of sp³-hybridized carbons (Fsp3) is 0.474. The molecular formula is C19H30IN5S. The van der Waals surface area contributed by atoms with E-state index in [1.807, 2.05) is 6.92 Å². The molecule has 0 atom stereocenters. The van der Waals surface area contributed by atoms with E-state index in [1.54, 1.807) is 11.3 Å². The van der Waals surface area contributed by atoms with Gasteiger partial charge in [-0.3, -0.25) is 0 Å². The van der Waals surface area contributed by atoms with Crippen LogP contribution in [0.2, 0.25) is 0 Å². The molecule has 0 fully saturated rings. The van der Waals surface area contributed by atoms with E-state index in [0.717, 1.165) is 29.8 Å². The van der Waals surface area contributed by atoms with Crippen molar-refractivity contribution < 1.29 is 0 Å². The summed E-state index contributed by atoms with van der Waals surface area (Å²) < 4.78 is 0. The van der Waals surface area contributed by atoms with Gasteiger partial charge in [-0.25, -0.2) is 9.98 Å². The third kappa shape index (κ3) is 6.42. The van der Waals surface area contributed by atoms with Gasteiger partial charge >= 0.3 is 0 Å². The van der Waals surface area contributed by atoms with Gasteiger partial charge < -0.3 is 15.1 Å². The summed E-state index contributed by atoms with van der Waals surface area (Å²) in [6, 6.07) is 6.52. The molecule has 0 saturated carbocycles. The number of thiazole rings is 1. The van der Waals surface area contributed by atoms with Crippen molar-refractivity contribution in [3.63, 3.8) is 0 Å². The third-order valence-corrected chi connectivity index (χ3v) is 4.71. The first-order chi connectivity index (χ1) is 11.9. The average Bonchev–Trinajstić information content (AvgIpc) is 2.97. The number of benzene rings is 1. The molecule has 0 radical (unpaired) electrons. The van der Waals surface area contributed by atoms with E-state index in [2.05, 4.69) is 78.7 Å². The lowest BCUT2D eigenvalue weighted by molar-refractivity contribution is 0.471. The largest absolute Gasteiger partial charge is 0.377 e. The number of hydrogen-bond donors (Lipinski definition) is 1. The van der Waals surface area contributed by atoms with Crippen molar-refractivity contribution in [3.05, 3.63) is 45.4 Å². The molecule has 1 heterocycles. The SMILES string of the molecule is CCNC(=NCc1ccc(C)cc1N(C)C)N(C)Cc1csc(C)n1.I. The fourth-order valence-corrected chi connectivity index (χ4v) is 3.26. The van der Waals surface area contributed by atoms with Gasteiger partial charge in [0.15, 0.2) is 5.96 Å². The Morgan fingerprint density at radius 3 is 2.54 bits per heavy atom. The highest BCUT2D eigenvalue weighted by Crippen LogP contribution is 2.21. The summed E-state index contributed by atoms with van der Waals surface area (Å²) in [5, 5.41) is 6.59. The summed E-state index contributed by atoms with van der Waals surface area (Å²) in [5.41, 5.74) is 4.79. The lowest BCUT2D eigenvalue weighted by atomic mass is 10.1. The first kappa shape index (κ1) is 22.7. The number of halogens is 1. The number of anilines is 1. The summed E-state index contributed by atoms with van der Waals surface area (Å²) in [7, 11) is 6.20. The van der Waals surface area contributed by atoms with Gasteiger partial charge in [-0.1, -0.05) is 12.1 Å². The number of aliphatic imine (C=N–C) groups is 1. The van der Waals surface area contributed by atoms with Crippen molar-refractivity contribution in [3.8, 4) is 0 Å². The van der Waals surface area contributed by atoms with Crippen LogP contribution < -0.4 is 10.2 Å². The molecule has 0 aliphatic heterocycles. The number of hydrogen-bond acceptors (Lipinski definition) is 4. The lowest BCUT2D eigenvalue weighted by Gasteiger charge is -2.22. The van der Waals surface area contributed by atoms with E-state index in [-0.39, 0.29) is 24.0 Å². The summed E-state index contributed by atoms with van der Waals surface area (Å²) in [5.74, 6) is 0.901. The van der Waals surface area contributed by atoms with E-state index in [1.165, 1.54) is 16.8 Å². The van der Waals surface area contributed by atoms with Gasteiger partial charge in [-0.15, -0.1) is 35.3 Å². The molecule has 5 nitrogen and oxygen atoms in total. The van der Waals surface area contributed by atoms with E-state index in [9.17, 15) is 0 Å². The number of nitrogens with one attached hydrogen (secondary N) is 1. The second kappa shape index (κ2) is 10.7. The van der Waals surface area contributed by atoms with Gasteiger partial charge in [-0.05, 0) is 38.0 Å². The lowest BCUT2D eigenvalue weighted by Crippen LogP contribution is -2.38. The van der Waals surface area contributed by atoms with Crippen molar-refractivity contribution in [2.24, 2.45) is 4.99 Å². The van der Waals surface area contributed by atoms with Crippen molar-refractivity contribution >= 4 is 47.0 Å². The van der Waals surface area contributed by atoms with Crippen molar-refractivity contribution in [1.29, 1.82) is 0 Å². The summed E-state index contributed by atoms with van der Waals surface area (Å²) >= 11 is 1.68. The second-order valence-corrected chi connectivity index (χ2v) is 7.47. The minimum Gasteiger partial charge on any atom is -0.377 e. The first-order valence-electron chi connectivity index (χ1n) is 8.58. The molecule has 0 unspecified atom stereocenters. The zero-order valence-corrected chi connectivity index (χ0v) is 19.7. The van der Waals surface area contributed by atoms with Crippen LogP contribution in [0.15, 0.2) is 28.6 Å². The zero-order valence-electron chi connectivity index (χ0n) is 16.5. The molecule has 0 saturated heterocycles. The first-order valence-corrected chi connectivity index (χ1v) is 9.46. The fourth-order valence-electron chi connectivity index (χ4n) is 2.65. The number of rotatable bonds is 6. The molecule has 144 valence electrons. The molecule has 0 aliphatic carbocycles. The Kier molecular flexibility index (Phi) is 9.35. The normalized spacial score (nSPS) is 11.1. The van der Waals surface area contributed by atoms with Crippen molar-refractivity contribution in [2.75, 3.05) is 32.6 Å². The van der Waals surface area contributed by atoms with Crippen LogP contribution in [0.3, 0.4) is 0 Å². The Bertz CT molecular complexity index is 726. The number of nitrogens with zero attached hydrogens (tertiary/aromatic N) is 4. The van der Waals surface area contributed by atoms with E-state index >= 15 is 0 Å². The third-order valence-electron chi connectivity index (χ3n) is 3.88. The standard InChI is InChI=1S/C19H29N5S.HI/c1-7-20-19(24(6)12-17-13-25-15(3)22-17)21-11-16-9-8-14(2)10-18(16)23(4)5;/h8-10,13H,7,11-12H2,1-6H3,(H,20,21);1H. The maximum atomic E-state index is 4.84. The van der Waals surface area contributed by atoms with Gasteiger partial charge in [-0.2, -0.15) is 0 Å². The highest BCUT2D eigenvalue weighted by molar-refractivity contribution is 14.0. The second-order valence-electron chi connectivity index (χ2n) is 6.41. The highest BCUT2D eigenvalue weighted by atomic mass is 127. The van der Waals surface area contributed by atoms with Crippen LogP contribution in [-0.4, -0.2) is 43.5 Å². The van der Waals surface area contributed by atoms with Gasteiger partial charge in [0.25, 0.3) is 0 Å². The maximum absolute atomic E-state index is 4.84. The zero-order chi connectivity index (χ0) is 18.4. The molecule has 2 aromatic rings. The minimum absolute atomic E-state index is 0. The van der Waals surface area contributed by atoms with Crippen LogP contribution in [0, 0.1) is 13.8 Å². The monoisotopic (exact) mass is 487 g/mol. The van der Waals surface area contributed by atoms with Crippen LogP contribution in [0.1, 0.15) is 28.8 Å². The van der Waals surface area contributed by atoms with Crippen LogP contribution in [0.5, 0.6) is 0 Å². The summed E-state index contributed by atoms with van der Waals surface area (Å²) in [6.45, 7) is 8.49. The van der Waals surface area contributed by atoms with E-state index < -0.39 is 0 Å².